The van der Waals surface area contributed by atoms with Gasteiger partial charge in [-0.3, -0.25) is 0 Å². The van der Waals surface area contributed by atoms with Crippen LogP contribution in [0.3, 0.4) is 0 Å². The summed E-state index contributed by atoms with van der Waals surface area (Å²) in [4.78, 5) is 0. The lowest BCUT2D eigenvalue weighted by atomic mass is 9.68. The highest BCUT2D eigenvalue weighted by Crippen LogP contribution is 2.41. The molecule has 4 atom stereocenters. The van der Waals surface area contributed by atoms with Gasteiger partial charge in [0.2, 0.25) is 0 Å². The van der Waals surface area contributed by atoms with E-state index < -0.39 is 0 Å². The second-order valence-corrected chi connectivity index (χ2v) is 4.75. The van der Waals surface area contributed by atoms with Gasteiger partial charge in [0.25, 0.3) is 0 Å². The molecule has 0 unspecified atom stereocenters. The third-order valence-corrected chi connectivity index (χ3v) is 3.97. The van der Waals surface area contributed by atoms with E-state index in [9.17, 15) is 5.11 Å². The van der Waals surface area contributed by atoms with E-state index in [2.05, 4.69) is 6.92 Å². The molecule has 0 amide bonds. The molecule has 0 aromatic carbocycles. The Kier molecular flexibility index (Phi) is 3.45. The van der Waals surface area contributed by atoms with Crippen LogP contribution in [0.1, 0.15) is 45.4 Å². The maximum atomic E-state index is 9.93. The molecule has 0 bridgehead atoms. The van der Waals surface area contributed by atoms with Crippen molar-refractivity contribution in [3.8, 4) is 0 Å². The van der Waals surface area contributed by atoms with Gasteiger partial charge in [-0.1, -0.05) is 12.8 Å². The number of ether oxygens (including phenoxy) is 1. The van der Waals surface area contributed by atoms with Crippen molar-refractivity contribution in [2.24, 2.45) is 11.8 Å². The van der Waals surface area contributed by atoms with Gasteiger partial charge in [-0.25, -0.2) is 0 Å². The number of fused-ring (bicyclic) bond motifs is 1. The van der Waals surface area contributed by atoms with Crippen LogP contribution in [-0.4, -0.2) is 23.9 Å². The zero-order chi connectivity index (χ0) is 9.97. The summed E-state index contributed by atoms with van der Waals surface area (Å²) in [5, 5.41) is 9.93. The molecular formula is C12H22O2. The first-order valence-corrected chi connectivity index (χ1v) is 6.12. The van der Waals surface area contributed by atoms with E-state index in [1.165, 1.54) is 25.7 Å². The summed E-state index contributed by atoms with van der Waals surface area (Å²) in [6.45, 7) is 2.90. The first kappa shape index (κ1) is 10.4. The molecule has 2 aliphatic rings. The summed E-state index contributed by atoms with van der Waals surface area (Å²) in [7, 11) is 0. The van der Waals surface area contributed by atoms with E-state index in [-0.39, 0.29) is 6.10 Å². The summed E-state index contributed by atoms with van der Waals surface area (Å²) in [5.74, 6) is 1.18. The Labute approximate surface area is 86.6 Å². The molecule has 14 heavy (non-hydrogen) atoms. The molecule has 2 fully saturated rings. The summed E-state index contributed by atoms with van der Waals surface area (Å²) in [6.07, 6.45) is 7.53. The molecule has 2 nitrogen and oxygen atoms in total. The van der Waals surface area contributed by atoms with Crippen molar-refractivity contribution in [2.45, 2.75) is 57.7 Å². The highest BCUT2D eigenvalue weighted by atomic mass is 16.5. The van der Waals surface area contributed by atoms with Gasteiger partial charge < -0.3 is 9.84 Å². The zero-order valence-corrected chi connectivity index (χ0v) is 9.11. The lowest BCUT2D eigenvalue weighted by Gasteiger charge is -2.43. The number of aliphatic hydroxyl groups excluding tert-OH is 1. The Hall–Kier alpha value is -0.0800. The van der Waals surface area contributed by atoms with Crippen LogP contribution < -0.4 is 0 Å². The summed E-state index contributed by atoms with van der Waals surface area (Å²) >= 11 is 0. The fourth-order valence-electron chi connectivity index (χ4n) is 3.31. The Morgan fingerprint density at radius 2 is 1.79 bits per heavy atom. The Balaban J connectivity index is 2.00. The van der Waals surface area contributed by atoms with Crippen LogP contribution in [0.5, 0.6) is 0 Å². The minimum atomic E-state index is -0.0444. The molecule has 2 saturated carbocycles. The van der Waals surface area contributed by atoms with Crippen molar-refractivity contribution >= 4 is 0 Å². The fourth-order valence-corrected chi connectivity index (χ4v) is 3.31. The first-order chi connectivity index (χ1) is 6.83. The lowest BCUT2D eigenvalue weighted by molar-refractivity contribution is -0.0892. The topological polar surface area (TPSA) is 29.5 Å². The Bertz CT molecular complexity index is 181. The first-order valence-electron chi connectivity index (χ1n) is 6.12. The van der Waals surface area contributed by atoms with E-state index >= 15 is 0 Å². The van der Waals surface area contributed by atoms with Crippen LogP contribution >= 0.6 is 0 Å². The van der Waals surface area contributed by atoms with Crippen molar-refractivity contribution in [3.05, 3.63) is 0 Å². The average Bonchev–Trinajstić information content (AvgIpc) is 2.23. The molecule has 0 saturated heterocycles. The van der Waals surface area contributed by atoms with Crippen LogP contribution in [0, 0.1) is 11.8 Å². The van der Waals surface area contributed by atoms with Crippen LogP contribution in [-0.2, 0) is 4.74 Å². The van der Waals surface area contributed by atoms with E-state index in [1.807, 2.05) is 0 Å². The molecule has 2 aliphatic carbocycles. The van der Waals surface area contributed by atoms with Crippen molar-refractivity contribution in [2.75, 3.05) is 6.61 Å². The number of rotatable bonds is 2. The monoisotopic (exact) mass is 198 g/mol. The van der Waals surface area contributed by atoms with Gasteiger partial charge in [0, 0.05) is 6.61 Å². The largest absolute Gasteiger partial charge is 0.393 e. The second-order valence-electron chi connectivity index (χ2n) is 4.75. The van der Waals surface area contributed by atoms with E-state index in [1.54, 1.807) is 0 Å². The van der Waals surface area contributed by atoms with Gasteiger partial charge in [-0.15, -0.1) is 0 Å². The summed E-state index contributed by atoms with van der Waals surface area (Å²) < 4.78 is 5.79. The highest BCUT2D eigenvalue weighted by molar-refractivity contribution is 4.90. The Morgan fingerprint density at radius 3 is 2.50 bits per heavy atom. The fraction of sp³-hybridized carbons (Fsp3) is 1.00. The highest BCUT2D eigenvalue weighted by Gasteiger charge is 2.40. The number of aliphatic hydroxyl groups is 1. The van der Waals surface area contributed by atoms with Gasteiger partial charge in [-0.2, -0.15) is 0 Å². The average molecular weight is 198 g/mol. The van der Waals surface area contributed by atoms with Crippen molar-refractivity contribution in [3.63, 3.8) is 0 Å². The van der Waals surface area contributed by atoms with Crippen molar-refractivity contribution in [1.82, 2.24) is 0 Å². The van der Waals surface area contributed by atoms with Gasteiger partial charge in [0.15, 0.2) is 0 Å². The molecule has 0 aliphatic heterocycles. The molecule has 0 heterocycles. The van der Waals surface area contributed by atoms with Gasteiger partial charge in [0.1, 0.15) is 0 Å². The quantitative estimate of drug-likeness (QED) is 0.738. The summed E-state index contributed by atoms with van der Waals surface area (Å²) in [5.41, 5.74) is 0. The standard InChI is InChI=1S/C12H22O2/c1-2-14-12-8-7-11(13)9-5-3-4-6-10(9)12/h9-13H,2-8H2,1H3/t9-,10+,11+,12-/m1/s1. The van der Waals surface area contributed by atoms with Gasteiger partial charge in [0.05, 0.1) is 12.2 Å². The Morgan fingerprint density at radius 1 is 1.07 bits per heavy atom. The molecule has 2 rings (SSSR count). The van der Waals surface area contributed by atoms with Crippen molar-refractivity contribution < 1.29 is 9.84 Å². The predicted octanol–water partition coefficient (Wildman–Crippen LogP) is 2.35. The van der Waals surface area contributed by atoms with Crippen LogP contribution in [0.25, 0.3) is 0 Å². The normalized spacial score (nSPS) is 43.3. The third-order valence-electron chi connectivity index (χ3n) is 3.97. The van der Waals surface area contributed by atoms with Crippen molar-refractivity contribution in [1.29, 1.82) is 0 Å². The van der Waals surface area contributed by atoms with Crippen LogP contribution in [0.15, 0.2) is 0 Å². The van der Waals surface area contributed by atoms with Gasteiger partial charge in [-0.05, 0) is 44.4 Å². The molecule has 2 heteroatoms. The lowest BCUT2D eigenvalue weighted by Crippen LogP contribution is -2.43. The van der Waals surface area contributed by atoms with E-state index in [0.717, 1.165) is 19.4 Å². The van der Waals surface area contributed by atoms with E-state index in [0.29, 0.717) is 17.9 Å². The van der Waals surface area contributed by atoms with Crippen LogP contribution in [0.2, 0.25) is 0 Å². The van der Waals surface area contributed by atoms with E-state index in [4.69, 9.17) is 4.74 Å². The third kappa shape index (κ3) is 1.96. The number of hydrogen-bond acceptors (Lipinski definition) is 2. The molecular weight excluding hydrogens is 176 g/mol. The predicted molar refractivity (Wildman–Crippen MR) is 56.1 cm³/mol. The van der Waals surface area contributed by atoms with Gasteiger partial charge >= 0.3 is 0 Å². The minimum Gasteiger partial charge on any atom is -0.393 e. The smallest absolute Gasteiger partial charge is 0.0607 e. The molecule has 82 valence electrons. The minimum absolute atomic E-state index is 0.0444. The molecule has 0 aromatic rings. The molecule has 1 N–H and O–H groups in total. The maximum absolute atomic E-state index is 9.93. The summed E-state index contributed by atoms with van der Waals surface area (Å²) in [6, 6.07) is 0. The molecule has 0 aromatic heterocycles. The number of hydrogen-bond donors (Lipinski definition) is 1. The molecule has 0 radical (unpaired) electrons. The SMILES string of the molecule is CCO[C@@H]1CC[C@H](O)[C@@H]2CCCC[C@@H]21. The molecule has 0 spiro atoms. The zero-order valence-electron chi connectivity index (χ0n) is 9.11. The second kappa shape index (κ2) is 4.63. The maximum Gasteiger partial charge on any atom is 0.0607 e. The van der Waals surface area contributed by atoms with Crippen LogP contribution in [0.4, 0.5) is 0 Å².